The normalized spacial score (nSPS) is 17.0. The monoisotopic (exact) mass is 265 g/mol. The molecular weight excluding hydrogens is 242 g/mol. The van der Waals surface area contributed by atoms with E-state index in [1.165, 1.54) is 12.8 Å². The van der Waals surface area contributed by atoms with Crippen LogP contribution in [0.4, 0.5) is 4.79 Å². The van der Waals surface area contributed by atoms with Crippen LogP contribution in [0.25, 0.3) is 0 Å². The minimum atomic E-state index is -0.475. The van der Waals surface area contributed by atoms with E-state index in [0.29, 0.717) is 6.04 Å². The summed E-state index contributed by atoms with van der Waals surface area (Å²) in [6.45, 7) is 6.31. The van der Waals surface area contributed by atoms with Crippen molar-refractivity contribution in [2.45, 2.75) is 51.3 Å². The van der Waals surface area contributed by atoms with Gasteiger partial charge in [-0.05, 0) is 45.2 Å². The number of hydrogen-bond donors (Lipinski definition) is 3. The molecule has 5 heteroatoms. The minimum absolute atomic E-state index is 0.0679. The first-order valence-electron chi connectivity index (χ1n) is 6.79. The zero-order valence-electron chi connectivity index (χ0n) is 11.8. The van der Waals surface area contributed by atoms with Gasteiger partial charge in [0.1, 0.15) is 5.60 Å². The molecule has 1 aliphatic rings. The summed E-state index contributed by atoms with van der Waals surface area (Å²) in [5, 5.41) is 6.34. The Hall–Kier alpha value is -1.49. The van der Waals surface area contributed by atoms with E-state index in [1.54, 1.807) is 0 Å². The molecule has 0 saturated heterocycles. The molecule has 1 heterocycles. The predicted molar refractivity (Wildman–Crippen MR) is 73.9 cm³/mol. The van der Waals surface area contributed by atoms with Crippen molar-refractivity contribution in [2.75, 3.05) is 6.54 Å². The molecule has 0 aromatic carbocycles. The number of aromatic nitrogens is 1. The minimum Gasteiger partial charge on any atom is -0.444 e. The van der Waals surface area contributed by atoms with Gasteiger partial charge in [-0.3, -0.25) is 0 Å². The number of H-pyrrole nitrogens is 1. The van der Waals surface area contributed by atoms with E-state index in [4.69, 9.17) is 4.74 Å². The van der Waals surface area contributed by atoms with Gasteiger partial charge in [0, 0.05) is 25.0 Å². The Kier molecular flexibility index (Phi) is 4.14. The maximum atomic E-state index is 11.9. The van der Waals surface area contributed by atoms with Crippen LogP contribution < -0.4 is 10.6 Å². The molecule has 2 rings (SSSR count). The molecule has 1 unspecified atom stereocenters. The molecule has 0 spiro atoms. The summed E-state index contributed by atoms with van der Waals surface area (Å²) < 4.78 is 5.30. The molecule has 0 bridgehead atoms. The average Bonchev–Trinajstić information content (AvgIpc) is 2.94. The van der Waals surface area contributed by atoms with Crippen molar-refractivity contribution in [1.29, 1.82) is 0 Å². The van der Waals surface area contributed by atoms with Crippen LogP contribution in [0.15, 0.2) is 18.5 Å². The molecule has 19 heavy (non-hydrogen) atoms. The Balaban J connectivity index is 1.90. The Bertz CT molecular complexity index is 405. The average molecular weight is 265 g/mol. The molecular formula is C14H23N3O2. The smallest absolute Gasteiger partial charge is 0.408 e. The number of carbonyl (C=O) groups is 1. The Morgan fingerprint density at radius 1 is 1.53 bits per heavy atom. The van der Waals surface area contributed by atoms with Gasteiger partial charge in [-0.2, -0.15) is 0 Å². The van der Waals surface area contributed by atoms with Gasteiger partial charge in [0.2, 0.25) is 0 Å². The molecule has 0 radical (unpaired) electrons. The molecule has 1 aromatic heterocycles. The van der Waals surface area contributed by atoms with E-state index >= 15 is 0 Å². The maximum Gasteiger partial charge on any atom is 0.408 e. The van der Waals surface area contributed by atoms with Crippen LogP contribution in [0.1, 0.15) is 45.2 Å². The second-order valence-electron chi connectivity index (χ2n) is 6.03. The van der Waals surface area contributed by atoms with Crippen LogP contribution in [-0.2, 0) is 4.74 Å². The summed E-state index contributed by atoms with van der Waals surface area (Å²) in [5.41, 5.74) is 0.579. The fourth-order valence-corrected chi connectivity index (χ4v) is 1.83. The van der Waals surface area contributed by atoms with Gasteiger partial charge in [-0.25, -0.2) is 4.79 Å². The van der Waals surface area contributed by atoms with Crippen LogP contribution in [0.2, 0.25) is 0 Å². The lowest BCUT2D eigenvalue weighted by Gasteiger charge is -2.23. The summed E-state index contributed by atoms with van der Waals surface area (Å²) in [6, 6.07) is 2.51. The Morgan fingerprint density at radius 3 is 2.79 bits per heavy atom. The molecule has 3 N–H and O–H groups in total. The molecule has 1 atom stereocenters. The van der Waals surface area contributed by atoms with E-state index in [0.717, 1.165) is 12.1 Å². The van der Waals surface area contributed by atoms with Crippen LogP contribution in [0.5, 0.6) is 0 Å². The van der Waals surface area contributed by atoms with E-state index in [1.807, 2.05) is 39.2 Å². The largest absolute Gasteiger partial charge is 0.444 e. The lowest BCUT2D eigenvalue weighted by atomic mass is 10.1. The molecule has 1 aliphatic carbocycles. The number of carbonyl (C=O) groups excluding carboxylic acids is 1. The first kappa shape index (κ1) is 13.9. The van der Waals surface area contributed by atoms with Crippen LogP contribution in [0, 0.1) is 0 Å². The highest BCUT2D eigenvalue weighted by molar-refractivity contribution is 5.68. The first-order chi connectivity index (χ1) is 8.94. The fraction of sp³-hybridized carbons (Fsp3) is 0.643. The summed E-state index contributed by atoms with van der Waals surface area (Å²) in [4.78, 5) is 14.9. The summed E-state index contributed by atoms with van der Waals surface area (Å²) >= 11 is 0. The van der Waals surface area contributed by atoms with E-state index < -0.39 is 5.60 Å². The van der Waals surface area contributed by atoms with Crippen LogP contribution in [-0.4, -0.2) is 29.3 Å². The van der Waals surface area contributed by atoms with Gasteiger partial charge in [-0.1, -0.05) is 0 Å². The lowest BCUT2D eigenvalue weighted by molar-refractivity contribution is 0.0503. The Labute approximate surface area is 114 Å². The maximum absolute atomic E-state index is 11.9. The van der Waals surface area contributed by atoms with Crippen molar-refractivity contribution in [3.8, 4) is 0 Å². The number of aromatic amines is 1. The van der Waals surface area contributed by atoms with Crippen molar-refractivity contribution in [1.82, 2.24) is 15.6 Å². The SMILES string of the molecule is CC(C)(C)OC(=O)NC(CNC1CC1)c1cc[nH]c1. The van der Waals surface area contributed by atoms with Crippen LogP contribution >= 0.6 is 0 Å². The molecule has 106 valence electrons. The van der Waals surface area contributed by atoms with Crippen molar-refractivity contribution in [3.63, 3.8) is 0 Å². The highest BCUT2D eigenvalue weighted by Gasteiger charge is 2.24. The second-order valence-corrected chi connectivity index (χ2v) is 6.03. The molecule has 1 aromatic rings. The summed E-state index contributed by atoms with van der Waals surface area (Å²) in [7, 11) is 0. The number of rotatable bonds is 5. The molecule has 1 amide bonds. The standard InChI is InChI=1S/C14H23N3O2/c1-14(2,3)19-13(18)17-12(9-16-11-4-5-11)10-6-7-15-8-10/h6-8,11-12,15-16H,4-5,9H2,1-3H3,(H,17,18). The fourth-order valence-electron chi connectivity index (χ4n) is 1.83. The third kappa shape index (κ3) is 4.95. The van der Waals surface area contributed by atoms with Crippen molar-refractivity contribution < 1.29 is 9.53 Å². The zero-order valence-corrected chi connectivity index (χ0v) is 11.8. The zero-order chi connectivity index (χ0) is 13.9. The number of ether oxygens (including phenoxy) is 1. The molecule has 1 saturated carbocycles. The van der Waals surface area contributed by atoms with Gasteiger partial charge in [0.25, 0.3) is 0 Å². The van der Waals surface area contributed by atoms with Crippen molar-refractivity contribution >= 4 is 6.09 Å². The van der Waals surface area contributed by atoms with Crippen molar-refractivity contribution in [2.24, 2.45) is 0 Å². The van der Waals surface area contributed by atoms with Crippen molar-refractivity contribution in [3.05, 3.63) is 24.0 Å². The van der Waals surface area contributed by atoms with E-state index in [2.05, 4.69) is 15.6 Å². The topological polar surface area (TPSA) is 66.2 Å². The Morgan fingerprint density at radius 2 is 2.26 bits per heavy atom. The highest BCUT2D eigenvalue weighted by atomic mass is 16.6. The van der Waals surface area contributed by atoms with E-state index in [-0.39, 0.29) is 12.1 Å². The summed E-state index contributed by atoms with van der Waals surface area (Å²) in [5.74, 6) is 0. The summed E-state index contributed by atoms with van der Waals surface area (Å²) in [6.07, 6.45) is 5.84. The second kappa shape index (κ2) is 5.65. The third-order valence-corrected chi connectivity index (χ3v) is 2.90. The number of nitrogens with one attached hydrogen (secondary N) is 3. The van der Waals surface area contributed by atoms with E-state index in [9.17, 15) is 4.79 Å². The number of alkyl carbamates (subject to hydrolysis) is 1. The molecule has 1 fully saturated rings. The molecule has 5 nitrogen and oxygen atoms in total. The number of hydrogen-bond acceptors (Lipinski definition) is 3. The van der Waals surface area contributed by atoms with Crippen LogP contribution in [0.3, 0.4) is 0 Å². The van der Waals surface area contributed by atoms with Gasteiger partial charge in [-0.15, -0.1) is 0 Å². The third-order valence-electron chi connectivity index (χ3n) is 2.90. The number of amides is 1. The van der Waals surface area contributed by atoms with Gasteiger partial charge >= 0.3 is 6.09 Å². The predicted octanol–water partition coefficient (Wildman–Crippen LogP) is 2.33. The highest BCUT2D eigenvalue weighted by Crippen LogP contribution is 2.20. The van der Waals surface area contributed by atoms with Gasteiger partial charge in [0.05, 0.1) is 6.04 Å². The molecule has 0 aliphatic heterocycles. The quantitative estimate of drug-likeness (QED) is 0.765. The first-order valence-corrected chi connectivity index (χ1v) is 6.79. The lowest BCUT2D eigenvalue weighted by Crippen LogP contribution is -2.39. The van der Waals surface area contributed by atoms with Gasteiger partial charge in [0.15, 0.2) is 0 Å². The van der Waals surface area contributed by atoms with Gasteiger partial charge < -0.3 is 20.4 Å².